The van der Waals surface area contributed by atoms with E-state index < -0.39 is 10.8 Å². The van der Waals surface area contributed by atoms with Gasteiger partial charge in [0.15, 0.2) is 5.96 Å². The fraction of sp³-hybridized carbons (Fsp3) is 0.632. The number of rotatable bonds is 5. The summed E-state index contributed by atoms with van der Waals surface area (Å²) < 4.78 is 12.1. The van der Waals surface area contributed by atoms with Gasteiger partial charge in [-0.3, -0.25) is 9.20 Å². The van der Waals surface area contributed by atoms with Crippen LogP contribution in [0.5, 0.6) is 0 Å². The zero-order chi connectivity index (χ0) is 17.8. The predicted molar refractivity (Wildman–Crippen MR) is 107 cm³/mol. The topological polar surface area (TPSA) is 53.5 Å². The van der Waals surface area contributed by atoms with Crippen molar-refractivity contribution in [1.82, 2.24) is 10.6 Å². The van der Waals surface area contributed by atoms with Gasteiger partial charge < -0.3 is 10.6 Å². The Bertz CT molecular complexity index is 651. The summed E-state index contributed by atoms with van der Waals surface area (Å²) in [6, 6.07) is 8.89. The Labute approximate surface area is 158 Å². The van der Waals surface area contributed by atoms with Crippen LogP contribution in [0.15, 0.2) is 29.3 Å². The summed E-state index contributed by atoms with van der Waals surface area (Å²) in [7, 11) is 1.12. The molecule has 3 rings (SSSR count). The van der Waals surface area contributed by atoms with Gasteiger partial charge in [-0.1, -0.05) is 37.1 Å². The monoisotopic (exact) mass is 381 g/mol. The van der Waals surface area contributed by atoms with Gasteiger partial charge in [0.25, 0.3) is 0 Å². The summed E-state index contributed by atoms with van der Waals surface area (Å²) in [5.74, 6) is 2.12. The lowest BCUT2D eigenvalue weighted by Gasteiger charge is -2.30. The quantitative estimate of drug-likeness (QED) is 0.606. The summed E-state index contributed by atoms with van der Waals surface area (Å²) in [4.78, 5) is 4.39. The van der Waals surface area contributed by atoms with Crippen LogP contribution in [-0.2, 0) is 10.8 Å². The van der Waals surface area contributed by atoms with Gasteiger partial charge in [0.2, 0.25) is 0 Å². The van der Waals surface area contributed by atoms with E-state index in [2.05, 4.69) is 27.8 Å². The van der Waals surface area contributed by atoms with E-state index in [1.54, 1.807) is 0 Å². The molecule has 0 saturated heterocycles. The van der Waals surface area contributed by atoms with Crippen molar-refractivity contribution in [2.45, 2.75) is 62.3 Å². The fourth-order valence-electron chi connectivity index (χ4n) is 3.75. The first-order chi connectivity index (χ1) is 12.1. The highest BCUT2D eigenvalue weighted by molar-refractivity contribution is 7.85. The molecule has 6 heteroatoms. The van der Waals surface area contributed by atoms with E-state index in [1.165, 1.54) is 5.56 Å². The van der Waals surface area contributed by atoms with Gasteiger partial charge >= 0.3 is 0 Å². The maximum Gasteiger partial charge on any atom is 0.191 e. The van der Waals surface area contributed by atoms with Crippen molar-refractivity contribution in [1.29, 1.82) is 0 Å². The Balaban J connectivity index is 1.51. The number of halogens is 1. The van der Waals surface area contributed by atoms with E-state index in [9.17, 15) is 4.21 Å². The molecule has 4 nitrogen and oxygen atoms in total. The number of aliphatic imine (C=N–C) groups is 1. The molecule has 0 heterocycles. The van der Waals surface area contributed by atoms with Gasteiger partial charge in [0.05, 0.1) is 0 Å². The van der Waals surface area contributed by atoms with E-state index in [4.69, 9.17) is 11.6 Å². The highest BCUT2D eigenvalue weighted by Gasteiger charge is 2.39. The molecule has 2 N–H and O–H groups in total. The Morgan fingerprint density at radius 1 is 1.32 bits per heavy atom. The van der Waals surface area contributed by atoms with Crippen LogP contribution in [0.4, 0.5) is 0 Å². The van der Waals surface area contributed by atoms with Crippen molar-refractivity contribution < 1.29 is 4.21 Å². The molecular formula is C19H28ClN3OS. The molecule has 2 fully saturated rings. The van der Waals surface area contributed by atoms with Crippen LogP contribution in [0.2, 0.25) is 5.02 Å². The molecule has 0 spiro atoms. The first-order valence-electron chi connectivity index (χ1n) is 9.23. The van der Waals surface area contributed by atoms with Crippen molar-refractivity contribution in [2.75, 3.05) is 12.8 Å². The number of guanidine groups is 1. The third-order valence-corrected chi connectivity index (χ3v) is 7.21. The molecule has 5 atom stereocenters. The minimum absolute atomic E-state index is 0.328. The normalized spacial score (nSPS) is 30.6. The van der Waals surface area contributed by atoms with E-state index in [-0.39, 0.29) is 0 Å². The number of hydrogen-bond acceptors (Lipinski definition) is 2. The summed E-state index contributed by atoms with van der Waals surface area (Å²) in [6.45, 7) is 2.01. The van der Waals surface area contributed by atoms with Crippen LogP contribution in [0.1, 0.15) is 50.5 Å². The van der Waals surface area contributed by atoms with Gasteiger partial charge in [-0.05, 0) is 43.4 Å². The van der Waals surface area contributed by atoms with Crippen LogP contribution >= 0.6 is 11.6 Å². The van der Waals surface area contributed by atoms with Crippen LogP contribution < -0.4 is 10.6 Å². The second kappa shape index (κ2) is 8.54. The Hall–Kier alpha value is -1.07. The lowest BCUT2D eigenvalue weighted by molar-refractivity contribution is 0.413. The zero-order valence-electron chi connectivity index (χ0n) is 15.0. The lowest BCUT2D eigenvalue weighted by Crippen LogP contribution is -2.47. The van der Waals surface area contributed by atoms with Crippen LogP contribution in [0, 0.1) is 0 Å². The average molecular weight is 382 g/mol. The molecule has 0 amide bonds. The minimum atomic E-state index is -0.695. The molecular weight excluding hydrogens is 354 g/mol. The van der Waals surface area contributed by atoms with Gasteiger partial charge in [-0.2, -0.15) is 0 Å². The molecule has 138 valence electrons. The van der Waals surface area contributed by atoms with Gasteiger partial charge in [-0.15, -0.1) is 0 Å². The number of nitrogens with zero attached hydrogens (tertiary/aromatic N) is 1. The van der Waals surface area contributed by atoms with Crippen LogP contribution in [0.25, 0.3) is 0 Å². The SMILES string of the molecule is CCS(=O)C1CCCC(NC(=NC)NC2CC2c2cccc(Cl)c2)C1. The summed E-state index contributed by atoms with van der Waals surface area (Å²) in [5, 5.41) is 8.20. The third kappa shape index (κ3) is 4.98. The second-order valence-corrected chi connectivity index (χ2v) is 9.46. The number of hydrogen-bond donors (Lipinski definition) is 2. The highest BCUT2D eigenvalue weighted by Crippen LogP contribution is 2.41. The smallest absolute Gasteiger partial charge is 0.191 e. The van der Waals surface area contributed by atoms with Gasteiger partial charge in [0, 0.05) is 51.9 Å². The predicted octanol–water partition coefficient (Wildman–Crippen LogP) is 3.44. The molecule has 1 aromatic rings. The van der Waals surface area contributed by atoms with E-state index in [0.717, 1.165) is 48.8 Å². The number of nitrogens with one attached hydrogen (secondary N) is 2. The second-order valence-electron chi connectivity index (χ2n) is 7.02. The first kappa shape index (κ1) is 18.7. The number of benzene rings is 1. The van der Waals surface area contributed by atoms with E-state index in [1.807, 2.05) is 26.1 Å². The summed E-state index contributed by atoms with van der Waals surface area (Å²) >= 11 is 6.10. The highest BCUT2D eigenvalue weighted by atomic mass is 35.5. The standard InChI is InChI=1S/C19H28ClN3OS/c1-3-25(24)16-9-5-8-15(11-16)22-19(21-2)23-18-12-17(18)13-6-4-7-14(20)10-13/h4,6-7,10,15-18H,3,5,8-9,11-12H2,1-2H3,(H2,21,22,23). The summed E-state index contributed by atoms with van der Waals surface area (Å²) in [5.41, 5.74) is 1.29. The molecule has 0 radical (unpaired) electrons. The molecule has 5 unspecified atom stereocenters. The van der Waals surface area contributed by atoms with Crippen molar-refractivity contribution in [3.8, 4) is 0 Å². The van der Waals surface area contributed by atoms with Crippen LogP contribution in [0.3, 0.4) is 0 Å². The Kier molecular flexibility index (Phi) is 6.39. The molecule has 2 aliphatic carbocycles. The molecule has 0 aliphatic heterocycles. The Morgan fingerprint density at radius 2 is 2.16 bits per heavy atom. The molecule has 0 aromatic heterocycles. The maximum absolute atomic E-state index is 12.1. The van der Waals surface area contributed by atoms with E-state index >= 15 is 0 Å². The first-order valence-corrected chi connectivity index (χ1v) is 11.0. The fourth-order valence-corrected chi connectivity index (χ4v) is 5.30. The van der Waals surface area contributed by atoms with Gasteiger partial charge in [-0.25, -0.2) is 0 Å². The minimum Gasteiger partial charge on any atom is -0.354 e. The maximum atomic E-state index is 12.1. The third-order valence-electron chi connectivity index (χ3n) is 5.24. The lowest BCUT2D eigenvalue weighted by atomic mass is 9.95. The van der Waals surface area contributed by atoms with Crippen molar-refractivity contribution >= 4 is 28.4 Å². The zero-order valence-corrected chi connectivity index (χ0v) is 16.6. The van der Waals surface area contributed by atoms with Crippen molar-refractivity contribution in [2.24, 2.45) is 4.99 Å². The molecule has 2 saturated carbocycles. The van der Waals surface area contributed by atoms with Crippen molar-refractivity contribution in [3.63, 3.8) is 0 Å². The molecule has 25 heavy (non-hydrogen) atoms. The molecule has 2 aliphatic rings. The molecule has 1 aromatic carbocycles. The average Bonchev–Trinajstić information content (AvgIpc) is 3.40. The van der Waals surface area contributed by atoms with Crippen molar-refractivity contribution in [3.05, 3.63) is 34.9 Å². The Morgan fingerprint density at radius 3 is 2.88 bits per heavy atom. The summed E-state index contributed by atoms with van der Waals surface area (Å²) in [6.07, 6.45) is 5.43. The van der Waals surface area contributed by atoms with Gasteiger partial charge in [0.1, 0.15) is 0 Å². The molecule has 0 bridgehead atoms. The van der Waals surface area contributed by atoms with E-state index in [0.29, 0.717) is 23.3 Å². The largest absolute Gasteiger partial charge is 0.354 e. The van der Waals surface area contributed by atoms with Crippen LogP contribution in [-0.4, -0.2) is 40.3 Å².